The highest BCUT2D eigenvalue weighted by molar-refractivity contribution is 6.33. The zero-order chi connectivity index (χ0) is 14.4. The summed E-state index contributed by atoms with van der Waals surface area (Å²) in [6.45, 7) is 0.833. The summed E-state index contributed by atoms with van der Waals surface area (Å²) < 4.78 is 12.9. The summed E-state index contributed by atoms with van der Waals surface area (Å²) in [6, 6.07) is 5.35. The Balaban J connectivity index is 1.80. The molecule has 0 spiro atoms. The van der Waals surface area contributed by atoms with E-state index in [1.54, 1.807) is 18.5 Å². The van der Waals surface area contributed by atoms with E-state index in [4.69, 9.17) is 11.6 Å². The number of rotatable bonds is 5. The largest absolute Gasteiger partial charge is 0.352 e. The highest BCUT2D eigenvalue weighted by Crippen LogP contribution is 2.16. The number of carbonyl (C=O) groups is 1. The molecule has 20 heavy (non-hydrogen) atoms. The minimum Gasteiger partial charge on any atom is -0.352 e. The summed E-state index contributed by atoms with van der Waals surface area (Å²) >= 11 is 5.80. The standard InChI is InChI=1S/C13H12ClFN4O/c14-11-8-9(15)2-3-10(11)12(20)16-6-7-19-13-17-4-1-5-18-13/h1-5,8H,6-7H2,(H,16,20)(H,17,18,19). The van der Waals surface area contributed by atoms with Gasteiger partial charge in [-0.25, -0.2) is 14.4 Å². The average molecular weight is 295 g/mol. The van der Waals surface area contributed by atoms with Crippen LogP contribution in [0.4, 0.5) is 10.3 Å². The second-order valence-corrected chi connectivity index (χ2v) is 4.29. The highest BCUT2D eigenvalue weighted by Gasteiger charge is 2.10. The molecule has 1 aromatic carbocycles. The van der Waals surface area contributed by atoms with Crippen LogP contribution in [-0.2, 0) is 0 Å². The fraction of sp³-hybridized carbons (Fsp3) is 0.154. The van der Waals surface area contributed by atoms with Crippen LogP contribution in [-0.4, -0.2) is 29.0 Å². The lowest BCUT2D eigenvalue weighted by molar-refractivity contribution is 0.0955. The predicted molar refractivity (Wildman–Crippen MR) is 74.3 cm³/mol. The van der Waals surface area contributed by atoms with Gasteiger partial charge in [-0.2, -0.15) is 0 Å². The SMILES string of the molecule is O=C(NCCNc1ncccn1)c1ccc(F)cc1Cl. The molecule has 0 saturated heterocycles. The molecule has 0 atom stereocenters. The van der Waals surface area contributed by atoms with Crippen LogP contribution in [0.1, 0.15) is 10.4 Å². The van der Waals surface area contributed by atoms with E-state index in [2.05, 4.69) is 20.6 Å². The number of anilines is 1. The number of benzene rings is 1. The van der Waals surface area contributed by atoms with Crippen LogP contribution in [0.15, 0.2) is 36.7 Å². The Labute approximate surface area is 120 Å². The third-order valence-electron chi connectivity index (χ3n) is 2.44. The average Bonchev–Trinajstić information content (AvgIpc) is 2.44. The summed E-state index contributed by atoms with van der Waals surface area (Å²) in [4.78, 5) is 19.8. The molecule has 0 saturated carbocycles. The number of halogens is 2. The number of carbonyl (C=O) groups excluding carboxylic acids is 1. The van der Waals surface area contributed by atoms with Crippen molar-refractivity contribution < 1.29 is 9.18 Å². The monoisotopic (exact) mass is 294 g/mol. The van der Waals surface area contributed by atoms with Crippen molar-refractivity contribution in [3.8, 4) is 0 Å². The molecule has 0 aliphatic heterocycles. The smallest absolute Gasteiger partial charge is 0.252 e. The molecule has 1 aromatic heterocycles. The van der Waals surface area contributed by atoms with Gasteiger partial charge >= 0.3 is 0 Å². The number of nitrogens with zero attached hydrogens (tertiary/aromatic N) is 2. The molecule has 0 radical (unpaired) electrons. The van der Waals surface area contributed by atoms with Crippen molar-refractivity contribution in [2.45, 2.75) is 0 Å². The number of nitrogens with one attached hydrogen (secondary N) is 2. The van der Waals surface area contributed by atoms with Gasteiger partial charge in [-0.3, -0.25) is 4.79 Å². The first-order valence-electron chi connectivity index (χ1n) is 5.91. The Hall–Kier alpha value is -2.21. The van der Waals surface area contributed by atoms with Gasteiger partial charge in [-0.15, -0.1) is 0 Å². The van der Waals surface area contributed by atoms with E-state index in [0.29, 0.717) is 19.0 Å². The van der Waals surface area contributed by atoms with E-state index in [1.165, 1.54) is 12.1 Å². The van der Waals surface area contributed by atoms with Crippen molar-refractivity contribution >= 4 is 23.5 Å². The van der Waals surface area contributed by atoms with Gasteiger partial charge < -0.3 is 10.6 Å². The number of hydrogen-bond acceptors (Lipinski definition) is 4. The number of aromatic nitrogens is 2. The van der Waals surface area contributed by atoms with E-state index in [0.717, 1.165) is 6.07 Å². The summed E-state index contributed by atoms with van der Waals surface area (Å²) in [7, 11) is 0. The van der Waals surface area contributed by atoms with Gasteiger partial charge in [0.15, 0.2) is 0 Å². The Morgan fingerprint density at radius 1 is 1.25 bits per heavy atom. The van der Waals surface area contributed by atoms with Crippen molar-refractivity contribution in [1.29, 1.82) is 0 Å². The van der Waals surface area contributed by atoms with Crippen molar-refractivity contribution in [1.82, 2.24) is 15.3 Å². The zero-order valence-corrected chi connectivity index (χ0v) is 11.2. The molecule has 1 amide bonds. The maximum Gasteiger partial charge on any atom is 0.252 e. The van der Waals surface area contributed by atoms with Crippen molar-refractivity contribution in [2.75, 3.05) is 18.4 Å². The molecular weight excluding hydrogens is 283 g/mol. The third kappa shape index (κ3) is 3.89. The first-order valence-corrected chi connectivity index (χ1v) is 6.29. The van der Waals surface area contributed by atoms with Crippen molar-refractivity contribution in [3.05, 3.63) is 53.1 Å². The lowest BCUT2D eigenvalue weighted by Gasteiger charge is -2.07. The van der Waals surface area contributed by atoms with Crippen LogP contribution < -0.4 is 10.6 Å². The number of hydrogen-bond donors (Lipinski definition) is 2. The topological polar surface area (TPSA) is 66.9 Å². The van der Waals surface area contributed by atoms with E-state index in [9.17, 15) is 9.18 Å². The third-order valence-corrected chi connectivity index (χ3v) is 2.75. The molecule has 0 fully saturated rings. The van der Waals surface area contributed by atoms with E-state index < -0.39 is 5.82 Å². The summed E-state index contributed by atoms with van der Waals surface area (Å²) in [5.74, 6) is -0.346. The molecule has 0 unspecified atom stereocenters. The van der Waals surface area contributed by atoms with Crippen molar-refractivity contribution in [3.63, 3.8) is 0 Å². The summed E-state index contributed by atoms with van der Waals surface area (Å²) in [5, 5.41) is 5.70. The molecular formula is C13H12ClFN4O. The van der Waals surface area contributed by atoms with Gasteiger partial charge in [-0.05, 0) is 24.3 Å². The maximum atomic E-state index is 12.9. The van der Waals surface area contributed by atoms with Gasteiger partial charge in [0.1, 0.15) is 5.82 Å². The molecule has 0 bridgehead atoms. The summed E-state index contributed by atoms with van der Waals surface area (Å²) in [6.07, 6.45) is 3.23. The maximum absolute atomic E-state index is 12.9. The molecule has 2 rings (SSSR count). The van der Waals surface area contributed by atoms with Crippen LogP contribution in [0.2, 0.25) is 5.02 Å². The molecule has 104 valence electrons. The lowest BCUT2D eigenvalue weighted by atomic mass is 10.2. The Bertz CT molecular complexity index is 594. The quantitative estimate of drug-likeness (QED) is 0.829. The minimum atomic E-state index is -0.477. The van der Waals surface area contributed by atoms with E-state index in [-0.39, 0.29) is 16.5 Å². The fourth-order valence-corrected chi connectivity index (χ4v) is 1.76. The fourth-order valence-electron chi connectivity index (χ4n) is 1.51. The Kier molecular flexibility index (Phi) is 4.84. The highest BCUT2D eigenvalue weighted by atomic mass is 35.5. The molecule has 5 nitrogen and oxygen atoms in total. The molecule has 0 aliphatic carbocycles. The Morgan fingerprint density at radius 3 is 2.70 bits per heavy atom. The Morgan fingerprint density at radius 2 is 2.00 bits per heavy atom. The first kappa shape index (κ1) is 14.2. The van der Waals surface area contributed by atoms with Crippen LogP contribution in [0, 0.1) is 5.82 Å². The van der Waals surface area contributed by atoms with Gasteiger partial charge in [0, 0.05) is 25.5 Å². The number of amides is 1. The second-order valence-electron chi connectivity index (χ2n) is 3.88. The second kappa shape index (κ2) is 6.81. The van der Waals surface area contributed by atoms with Crippen molar-refractivity contribution in [2.24, 2.45) is 0 Å². The van der Waals surface area contributed by atoms with Crippen LogP contribution in [0.3, 0.4) is 0 Å². The van der Waals surface area contributed by atoms with Crippen LogP contribution >= 0.6 is 11.6 Å². The first-order chi connectivity index (χ1) is 9.66. The molecule has 7 heteroatoms. The molecule has 2 aromatic rings. The van der Waals surface area contributed by atoms with Crippen LogP contribution in [0.5, 0.6) is 0 Å². The van der Waals surface area contributed by atoms with Gasteiger partial charge in [0.2, 0.25) is 5.95 Å². The molecule has 1 heterocycles. The van der Waals surface area contributed by atoms with Gasteiger partial charge in [0.05, 0.1) is 10.6 Å². The summed E-state index contributed by atoms with van der Waals surface area (Å²) in [5.41, 5.74) is 0.240. The van der Waals surface area contributed by atoms with Gasteiger partial charge in [0.25, 0.3) is 5.91 Å². The van der Waals surface area contributed by atoms with Crippen LogP contribution in [0.25, 0.3) is 0 Å². The van der Waals surface area contributed by atoms with E-state index >= 15 is 0 Å². The van der Waals surface area contributed by atoms with Gasteiger partial charge in [-0.1, -0.05) is 11.6 Å². The van der Waals surface area contributed by atoms with E-state index in [1.807, 2.05) is 0 Å². The molecule has 2 N–H and O–H groups in total. The zero-order valence-electron chi connectivity index (χ0n) is 10.4. The minimum absolute atomic E-state index is 0.0850. The molecule has 0 aliphatic rings. The predicted octanol–water partition coefficient (Wildman–Crippen LogP) is 2.11. The lowest BCUT2D eigenvalue weighted by Crippen LogP contribution is -2.29. The normalized spacial score (nSPS) is 10.1.